The number of hydrogen-bond acceptors (Lipinski definition) is 2. The van der Waals surface area contributed by atoms with Crippen molar-refractivity contribution >= 4 is 0 Å². The molecule has 0 saturated carbocycles. The van der Waals surface area contributed by atoms with Crippen molar-refractivity contribution in [3.63, 3.8) is 0 Å². The summed E-state index contributed by atoms with van der Waals surface area (Å²) in [6.45, 7) is 10.9. The predicted molar refractivity (Wildman–Crippen MR) is 60.3 cm³/mol. The molecule has 0 amide bonds. The van der Waals surface area contributed by atoms with Crippen molar-refractivity contribution in [3.8, 4) is 0 Å². The van der Waals surface area contributed by atoms with Gasteiger partial charge < -0.3 is 5.32 Å². The summed E-state index contributed by atoms with van der Waals surface area (Å²) in [5, 5.41) is 3.36. The Bertz CT molecular complexity index is 218. The summed E-state index contributed by atoms with van der Waals surface area (Å²) in [5.41, 5.74) is 1.55. The van der Waals surface area contributed by atoms with Gasteiger partial charge in [-0.05, 0) is 38.3 Å². The second-order valence-electron chi connectivity index (χ2n) is 4.97. The van der Waals surface area contributed by atoms with Crippen molar-refractivity contribution in [3.05, 3.63) is 11.6 Å². The molecule has 0 bridgehead atoms. The Labute approximate surface area is 87.4 Å². The molecule has 0 radical (unpaired) electrons. The quantitative estimate of drug-likeness (QED) is 0.685. The van der Waals surface area contributed by atoms with E-state index in [0.717, 1.165) is 11.8 Å². The molecule has 1 N–H and O–H groups in total. The highest BCUT2D eigenvalue weighted by Gasteiger charge is 2.25. The lowest BCUT2D eigenvalue weighted by Gasteiger charge is -2.36. The molecule has 1 unspecified atom stereocenters. The molecular formula is C12H22N2. The van der Waals surface area contributed by atoms with Gasteiger partial charge in [0.05, 0.1) is 0 Å². The number of rotatable bonds is 3. The Hall–Kier alpha value is -0.340. The van der Waals surface area contributed by atoms with E-state index in [1.807, 2.05) is 0 Å². The normalized spacial score (nSPS) is 26.9. The third-order valence-corrected chi connectivity index (χ3v) is 3.58. The number of nitrogens with zero attached hydrogens (tertiary/aromatic N) is 1. The molecule has 0 aromatic rings. The van der Waals surface area contributed by atoms with Crippen molar-refractivity contribution < 1.29 is 0 Å². The predicted octanol–water partition coefficient (Wildman–Crippen LogP) is 1.49. The monoisotopic (exact) mass is 194 g/mol. The Morgan fingerprint density at radius 2 is 2.36 bits per heavy atom. The molecule has 0 aromatic carbocycles. The van der Waals surface area contributed by atoms with Crippen LogP contribution in [0.15, 0.2) is 11.6 Å². The minimum atomic E-state index is 0.863. The molecule has 2 heterocycles. The molecule has 0 spiro atoms. The molecular weight excluding hydrogens is 172 g/mol. The first-order valence-electron chi connectivity index (χ1n) is 5.84. The van der Waals surface area contributed by atoms with Gasteiger partial charge in [-0.2, -0.15) is 0 Å². The zero-order valence-electron chi connectivity index (χ0n) is 9.42. The summed E-state index contributed by atoms with van der Waals surface area (Å²) in [6.07, 6.45) is 3.63. The third kappa shape index (κ3) is 2.37. The van der Waals surface area contributed by atoms with Crippen LogP contribution in [0.2, 0.25) is 0 Å². The minimum Gasteiger partial charge on any atom is -0.316 e. The molecule has 2 rings (SSSR count). The van der Waals surface area contributed by atoms with Crippen LogP contribution < -0.4 is 5.32 Å². The van der Waals surface area contributed by atoms with Crippen molar-refractivity contribution in [1.29, 1.82) is 0 Å². The molecule has 80 valence electrons. The van der Waals surface area contributed by atoms with Gasteiger partial charge in [-0.1, -0.05) is 18.6 Å². The van der Waals surface area contributed by atoms with Crippen LogP contribution in [0.1, 0.15) is 20.3 Å². The van der Waals surface area contributed by atoms with Gasteiger partial charge in [0.15, 0.2) is 0 Å². The van der Waals surface area contributed by atoms with E-state index in [1.54, 1.807) is 5.57 Å². The van der Waals surface area contributed by atoms with Gasteiger partial charge >= 0.3 is 0 Å². The Morgan fingerprint density at radius 3 is 2.93 bits per heavy atom. The molecule has 2 aliphatic rings. The lowest BCUT2D eigenvalue weighted by Crippen LogP contribution is -2.48. The van der Waals surface area contributed by atoms with E-state index in [0.29, 0.717) is 0 Å². The fourth-order valence-electron chi connectivity index (χ4n) is 2.42. The van der Waals surface area contributed by atoms with Crippen LogP contribution >= 0.6 is 0 Å². The fraction of sp³-hybridized carbons (Fsp3) is 0.833. The maximum Gasteiger partial charge on any atom is 0.0190 e. The van der Waals surface area contributed by atoms with E-state index in [1.165, 1.54) is 39.1 Å². The minimum absolute atomic E-state index is 0.863. The van der Waals surface area contributed by atoms with E-state index in [2.05, 4.69) is 30.1 Å². The second kappa shape index (κ2) is 4.45. The molecule has 2 heteroatoms. The van der Waals surface area contributed by atoms with Crippen molar-refractivity contribution in [1.82, 2.24) is 10.2 Å². The molecule has 1 fully saturated rings. The van der Waals surface area contributed by atoms with Gasteiger partial charge in [-0.15, -0.1) is 0 Å². The third-order valence-electron chi connectivity index (χ3n) is 3.58. The summed E-state index contributed by atoms with van der Waals surface area (Å²) >= 11 is 0. The molecule has 1 saturated heterocycles. The Balaban J connectivity index is 1.76. The average Bonchev–Trinajstić information content (AvgIpc) is 1.99. The fourth-order valence-corrected chi connectivity index (χ4v) is 2.42. The SMILES string of the molecule is CC1=CCCN(CC(C)C2CNC2)C1. The van der Waals surface area contributed by atoms with Crippen molar-refractivity contribution in [2.45, 2.75) is 20.3 Å². The zero-order valence-corrected chi connectivity index (χ0v) is 9.42. The standard InChI is InChI=1S/C12H22N2/c1-10-4-3-5-14(8-10)9-11(2)12-6-13-7-12/h4,11-13H,3,5-9H2,1-2H3. The highest BCUT2D eigenvalue weighted by atomic mass is 15.1. The molecule has 2 aliphatic heterocycles. The summed E-state index contributed by atoms with van der Waals surface area (Å²) < 4.78 is 0. The van der Waals surface area contributed by atoms with E-state index in [4.69, 9.17) is 0 Å². The lowest BCUT2D eigenvalue weighted by atomic mass is 9.88. The van der Waals surface area contributed by atoms with Crippen LogP contribution in [-0.4, -0.2) is 37.6 Å². The van der Waals surface area contributed by atoms with Crippen LogP contribution in [0.4, 0.5) is 0 Å². The van der Waals surface area contributed by atoms with Crippen LogP contribution in [0.5, 0.6) is 0 Å². The maximum absolute atomic E-state index is 3.36. The highest BCUT2D eigenvalue weighted by molar-refractivity contribution is 5.04. The smallest absolute Gasteiger partial charge is 0.0190 e. The van der Waals surface area contributed by atoms with Crippen LogP contribution in [0.3, 0.4) is 0 Å². The zero-order chi connectivity index (χ0) is 9.97. The van der Waals surface area contributed by atoms with Crippen LogP contribution in [0, 0.1) is 11.8 Å². The van der Waals surface area contributed by atoms with E-state index < -0.39 is 0 Å². The lowest BCUT2D eigenvalue weighted by molar-refractivity contribution is 0.171. The Kier molecular flexibility index (Phi) is 3.24. The average molecular weight is 194 g/mol. The summed E-state index contributed by atoms with van der Waals surface area (Å²) in [5.74, 6) is 1.79. The highest BCUT2D eigenvalue weighted by Crippen LogP contribution is 2.19. The molecule has 2 nitrogen and oxygen atoms in total. The number of hydrogen-bond donors (Lipinski definition) is 1. The Morgan fingerprint density at radius 1 is 1.57 bits per heavy atom. The maximum atomic E-state index is 3.36. The van der Waals surface area contributed by atoms with Gasteiger partial charge in [0, 0.05) is 19.6 Å². The molecule has 0 aromatic heterocycles. The van der Waals surface area contributed by atoms with E-state index in [9.17, 15) is 0 Å². The topological polar surface area (TPSA) is 15.3 Å². The second-order valence-corrected chi connectivity index (χ2v) is 4.97. The van der Waals surface area contributed by atoms with E-state index in [-0.39, 0.29) is 0 Å². The first kappa shape index (κ1) is 10.2. The number of nitrogens with one attached hydrogen (secondary N) is 1. The van der Waals surface area contributed by atoms with Gasteiger partial charge in [-0.3, -0.25) is 4.90 Å². The van der Waals surface area contributed by atoms with Gasteiger partial charge in [-0.25, -0.2) is 0 Å². The first-order chi connectivity index (χ1) is 6.75. The van der Waals surface area contributed by atoms with Crippen molar-refractivity contribution in [2.24, 2.45) is 11.8 Å². The van der Waals surface area contributed by atoms with Gasteiger partial charge in [0.2, 0.25) is 0 Å². The van der Waals surface area contributed by atoms with Gasteiger partial charge in [0.25, 0.3) is 0 Å². The van der Waals surface area contributed by atoms with Crippen molar-refractivity contribution in [2.75, 3.05) is 32.7 Å². The van der Waals surface area contributed by atoms with Crippen LogP contribution in [0.25, 0.3) is 0 Å². The van der Waals surface area contributed by atoms with Gasteiger partial charge in [0.1, 0.15) is 0 Å². The van der Waals surface area contributed by atoms with E-state index >= 15 is 0 Å². The summed E-state index contributed by atoms with van der Waals surface area (Å²) in [4.78, 5) is 2.61. The molecule has 1 atom stereocenters. The summed E-state index contributed by atoms with van der Waals surface area (Å²) in [6, 6.07) is 0. The summed E-state index contributed by atoms with van der Waals surface area (Å²) in [7, 11) is 0. The largest absolute Gasteiger partial charge is 0.316 e. The van der Waals surface area contributed by atoms with Crippen LogP contribution in [-0.2, 0) is 0 Å². The molecule has 0 aliphatic carbocycles. The first-order valence-corrected chi connectivity index (χ1v) is 5.84. The molecule has 14 heavy (non-hydrogen) atoms.